The van der Waals surface area contributed by atoms with Crippen molar-refractivity contribution in [1.29, 1.82) is 0 Å². The van der Waals surface area contributed by atoms with Crippen LogP contribution in [0.1, 0.15) is 11.1 Å². The van der Waals surface area contributed by atoms with Crippen molar-refractivity contribution in [3.63, 3.8) is 0 Å². The Balaban J connectivity index is 2.09. The number of aryl methyl sites for hydroxylation is 1. The predicted octanol–water partition coefficient (Wildman–Crippen LogP) is 4.38. The number of nitro benzene ring substituents is 1. The monoisotopic (exact) mass is 339 g/mol. The molecule has 6 heteroatoms. The molecule has 0 amide bonds. The van der Waals surface area contributed by atoms with E-state index >= 15 is 0 Å². The average Bonchev–Trinajstić information content (AvgIpc) is 2.40. The molecule has 0 saturated heterocycles. The Labute approximate surface area is 123 Å². The first-order valence-electron chi connectivity index (χ1n) is 5.79. The van der Waals surface area contributed by atoms with Crippen molar-refractivity contribution in [3.8, 4) is 5.75 Å². The van der Waals surface area contributed by atoms with E-state index in [1.54, 1.807) is 6.07 Å². The fourth-order valence-corrected chi connectivity index (χ4v) is 1.91. The molecule has 0 spiro atoms. The molecule has 2 aromatic rings. The highest BCUT2D eigenvalue weighted by Crippen LogP contribution is 2.23. The van der Waals surface area contributed by atoms with Gasteiger partial charge in [-0.15, -0.1) is 0 Å². The van der Waals surface area contributed by atoms with E-state index in [1.807, 2.05) is 19.1 Å². The number of rotatable bonds is 4. The lowest BCUT2D eigenvalue weighted by atomic mass is 10.2. The summed E-state index contributed by atoms with van der Waals surface area (Å²) in [5.74, 6) is -0.201. The van der Waals surface area contributed by atoms with E-state index < -0.39 is 16.4 Å². The Morgan fingerprint density at radius 2 is 2.05 bits per heavy atom. The van der Waals surface area contributed by atoms with Crippen molar-refractivity contribution in [2.75, 3.05) is 0 Å². The van der Waals surface area contributed by atoms with Crippen LogP contribution in [0.4, 0.5) is 10.1 Å². The molecule has 2 aromatic carbocycles. The quantitative estimate of drug-likeness (QED) is 0.613. The Kier molecular flexibility index (Phi) is 4.34. The average molecular weight is 340 g/mol. The molecule has 4 nitrogen and oxygen atoms in total. The first-order chi connectivity index (χ1) is 9.47. The zero-order chi connectivity index (χ0) is 14.7. The number of nitrogens with zero attached hydrogens (tertiary/aromatic N) is 1. The van der Waals surface area contributed by atoms with Gasteiger partial charge in [-0.3, -0.25) is 10.1 Å². The summed E-state index contributed by atoms with van der Waals surface area (Å²) < 4.78 is 19.9. The highest BCUT2D eigenvalue weighted by atomic mass is 79.9. The molecule has 0 aliphatic rings. The summed E-state index contributed by atoms with van der Waals surface area (Å²) in [6, 6.07) is 9.24. The molecular formula is C14H11BrFNO3. The van der Waals surface area contributed by atoms with E-state index in [4.69, 9.17) is 4.74 Å². The zero-order valence-corrected chi connectivity index (χ0v) is 12.2. The largest absolute Gasteiger partial charge is 0.489 e. The minimum atomic E-state index is -0.858. The van der Waals surface area contributed by atoms with Gasteiger partial charge in [0.2, 0.25) is 5.82 Å². The van der Waals surface area contributed by atoms with E-state index in [9.17, 15) is 14.5 Å². The van der Waals surface area contributed by atoms with E-state index in [1.165, 1.54) is 6.07 Å². The SMILES string of the molecule is Cc1cc(OCc2ccc([N+](=O)[O-])c(F)c2)ccc1Br. The minimum absolute atomic E-state index is 0.149. The van der Waals surface area contributed by atoms with Crippen molar-refractivity contribution in [2.45, 2.75) is 13.5 Å². The van der Waals surface area contributed by atoms with E-state index in [0.29, 0.717) is 11.3 Å². The number of benzene rings is 2. The molecule has 0 aliphatic carbocycles. The smallest absolute Gasteiger partial charge is 0.304 e. The second kappa shape index (κ2) is 6.00. The molecule has 0 aromatic heterocycles. The molecule has 2 rings (SSSR count). The van der Waals surface area contributed by atoms with Crippen LogP contribution in [0, 0.1) is 22.9 Å². The lowest BCUT2D eigenvalue weighted by molar-refractivity contribution is -0.387. The van der Waals surface area contributed by atoms with Crippen molar-refractivity contribution < 1.29 is 14.1 Å². The molecule has 20 heavy (non-hydrogen) atoms. The molecule has 0 fully saturated rings. The lowest BCUT2D eigenvalue weighted by Crippen LogP contribution is -1.98. The number of ether oxygens (including phenoxy) is 1. The van der Waals surface area contributed by atoms with Crippen LogP contribution in [-0.4, -0.2) is 4.92 Å². The van der Waals surface area contributed by atoms with Gasteiger partial charge >= 0.3 is 5.69 Å². The third kappa shape index (κ3) is 3.33. The van der Waals surface area contributed by atoms with Crippen LogP contribution in [0.3, 0.4) is 0 Å². The van der Waals surface area contributed by atoms with Gasteiger partial charge in [-0.2, -0.15) is 4.39 Å². The summed E-state index contributed by atoms with van der Waals surface area (Å²) in [4.78, 5) is 9.76. The summed E-state index contributed by atoms with van der Waals surface area (Å²) in [6.07, 6.45) is 0. The van der Waals surface area contributed by atoms with Crippen LogP contribution in [0.2, 0.25) is 0 Å². The summed E-state index contributed by atoms with van der Waals surface area (Å²) in [5.41, 5.74) is 1.03. The highest BCUT2D eigenvalue weighted by molar-refractivity contribution is 9.10. The second-order valence-corrected chi connectivity index (χ2v) is 5.10. The first kappa shape index (κ1) is 14.5. The molecule has 0 atom stereocenters. The fraction of sp³-hybridized carbons (Fsp3) is 0.143. The molecule has 0 radical (unpaired) electrons. The fourth-order valence-electron chi connectivity index (χ4n) is 1.66. The van der Waals surface area contributed by atoms with E-state index in [2.05, 4.69) is 15.9 Å². The van der Waals surface area contributed by atoms with Crippen LogP contribution >= 0.6 is 15.9 Å². The summed E-state index contributed by atoms with van der Waals surface area (Å²) in [6.45, 7) is 2.08. The maximum Gasteiger partial charge on any atom is 0.304 e. The van der Waals surface area contributed by atoms with Crippen LogP contribution in [0.25, 0.3) is 0 Å². The molecule has 0 bridgehead atoms. The van der Waals surface area contributed by atoms with Crippen LogP contribution < -0.4 is 4.74 Å². The Hall–Kier alpha value is -1.95. The molecule has 0 aliphatic heterocycles. The molecule has 0 heterocycles. The van der Waals surface area contributed by atoms with Gasteiger partial charge in [0.05, 0.1) is 4.92 Å². The standard InChI is InChI=1S/C14H11BrFNO3/c1-9-6-11(3-4-12(9)15)20-8-10-2-5-14(17(18)19)13(16)7-10/h2-7H,8H2,1H3. The number of nitro groups is 1. The van der Waals surface area contributed by atoms with Crippen molar-refractivity contribution in [1.82, 2.24) is 0 Å². The maximum atomic E-state index is 13.4. The topological polar surface area (TPSA) is 52.4 Å². The lowest BCUT2D eigenvalue weighted by Gasteiger charge is -2.08. The summed E-state index contributed by atoms with van der Waals surface area (Å²) in [7, 11) is 0. The van der Waals surface area contributed by atoms with Crippen LogP contribution in [0.5, 0.6) is 5.75 Å². The van der Waals surface area contributed by atoms with Gasteiger partial charge in [0, 0.05) is 10.5 Å². The first-order valence-corrected chi connectivity index (χ1v) is 6.58. The highest BCUT2D eigenvalue weighted by Gasteiger charge is 2.13. The summed E-state index contributed by atoms with van der Waals surface area (Å²) >= 11 is 3.39. The van der Waals surface area contributed by atoms with Gasteiger partial charge < -0.3 is 4.74 Å². The second-order valence-electron chi connectivity index (χ2n) is 4.24. The minimum Gasteiger partial charge on any atom is -0.489 e. The summed E-state index contributed by atoms with van der Waals surface area (Å²) in [5, 5.41) is 10.5. The van der Waals surface area contributed by atoms with Crippen molar-refractivity contribution in [3.05, 3.63) is 67.9 Å². The molecule has 0 N–H and O–H groups in total. The normalized spacial score (nSPS) is 10.3. The van der Waals surface area contributed by atoms with Gasteiger partial charge in [0.25, 0.3) is 0 Å². The van der Waals surface area contributed by atoms with E-state index in [0.717, 1.165) is 22.2 Å². The molecular weight excluding hydrogens is 329 g/mol. The van der Waals surface area contributed by atoms with Crippen LogP contribution in [0.15, 0.2) is 40.9 Å². The van der Waals surface area contributed by atoms with Crippen molar-refractivity contribution in [2.24, 2.45) is 0 Å². The molecule has 104 valence electrons. The number of hydrogen-bond donors (Lipinski definition) is 0. The van der Waals surface area contributed by atoms with Gasteiger partial charge in [-0.05, 0) is 48.4 Å². The van der Waals surface area contributed by atoms with Gasteiger partial charge in [0.1, 0.15) is 12.4 Å². The van der Waals surface area contributed by atoms with Gasteiger partial charge in [-0.25, -0.2) is 0 Å². The van der Waals surface area contributed by atoms with E-state index in [-0.39, 0.29) is 6.61 Å². The maximum absolute atomic E-state index is 13.4. The van der Waals surface area contributed by atoms with Crippen molar-refractivity contribution >= 4 is 21.6 Å². The Morgan fingerprint density at radius 3 is 2.65 bits per heavy atom. The molecule has 0 unspecified atom stereocenters. The number of hydrogen-bond acceptors (Lipinski definition) is 3. The third-order valence-corrected chi connectivity index (χ3v) is 3.63. The molecule has 0 saturated carbocycles. The zero-order valence-electron chi connectivity index (χ0n) is 10.6. The van der Waals surface area contributed by atoms with Gasteiger partial charge in [0.15, 0.2) is 0 Å². The predicted molar refractivity (Wildman–Crippen MR) is 76.3 cm³/mol. The Morgan fingerprint density at radius 1 is 1.30 bits per heavy atom. The number of halogens is 2. The van der Waals surface area contributed by atoms with Gasteiger partial charge in [-0.1, -0.05) is 15.9 Å². The Bertz CT molecular complexity index is 661. The third-order valence-electron chi connectivity index (χ3n) is 2.74. The van der Waals surface area contributed by atoms with Crippen LogP contribution in [-0.2, 0) is 6.61 Å².